The number of nitrogens with one attached hydrogen (secondary N) is 1. The van der Waals surface area contributed by atoms with Crippen LogP contribution in [0.1, 0.15) is 10.6 Å². The highest BCUT2D eigenvalue weighted by Crippen LogP contribution is 2.24. The number of carbonyl (C=O) groups is 1. The first-order chi connectivity index (χ1) is 15.2. The summed E-state index contributed by atoms with van der Waals surface area (Å²) in [6.45, 7) is 2.32. The summed E-state index contributed by atoms with van der Waals surface area (Å²) in [4.78, 5) is 20.7. The van der Waals surface area contributed by atoms with Crippen LogP contribution in [-0.4, -0.2) is 22.5 Å². The van der Waals surface area contributed by atoms with Crippen molar-refractivity contribution < 1.29 is 14.3 Å². The number of benzene rings is 2. The van der Waals surface area contributed by atoms with Crippen molar-refractivity contribution >= 4 is 17.2 Å². The third-order valence-corrected chi connectivity index (χ3v) is 5.26. The number of aryl methyl sites for hydroxylation is 1. The third-order valence-electron chi connectivity index (χ3n) is 4.41. The minimum Gasteiger partial charge on any atom is -0.484 e. The van der Waals surface area contributed by atoms with Crippen LogP contribution in [0.25, 0.3) is 11.3 Å². The van der Waals surface area contributed by atoms with Crippen LogP contribution >= 0.6 is 11.3 Å². The quantitative estimate of drug-likeness (QED) is 0.425. The SMILES string of the molecule is Cc1ccc(Oc2ccc(OCC(=O)NCc3nc(-c4ccncc4)cs3)cc2)cc1. The Morgan fingerprint density at radius 1 is 0.935 bits per heavy atom. The van der Waals surface area contributed by atoms with Crippen LogP contribution in [0.3, 0.4) is 0 Å². The van der Waals surface area contributed by atoms with E-state index in [1.54, 1.807) is 24.5 Å². The number of nitrogens with zero attached hydrogens (tertiary/aromatic N) is 2. The molecule has 1 N–H and O–H groups in total. The van der Waals surface area contributed by atoms with E-state index < -0.39 is 0 Å². The number of ether oxygens (including phenoxy) is 2. The van der Waals surface area contributed by atoms with Crippen LogP contribution in [0.2, 0.25) is 0 Å². The second-order valence-electron chi connectivity index (χ2n) is 6.81. The molecule has 2 aromatic heterocycles. The Morgan fingerprint density at radius 3 is 2.29 bits per heavy atom. The smallest absolute Gasteiger partial charge is 0.258 e. The summed E-state index contributed by atoms with van der Waals surface area (Å²) in [5, 5.41) is 5.63. The van der Waals surface area contributed by atoms with Gasteiger partial charge in [-0.15, -0.1) is 11.3 Å². The average molecular weight is 432 g/mol. The van der Waals surface area contributed by atoms with E-state index in [2.05, 4.69) is 15.3 Å². The molecule has 0 radical (unpaired) electrons. The molecule has 2 aromatic carbocycles. The van der Waals surface area contributed by atoms with Gasteiger partial charge in [-0.25, -0.2) is 4.98 Å². The molecule has 0 bridgehead atoms. The number of hydrogen-bond acceptors (Lipinski definition) is 6. The summed E-state index contributed by atoms with van der Waals surface area (Å²) in [5.41, 5.74) is 3.06. The maximum Gasteiger partial charge on any atom is 0.258 e. The maximum absolute atomic E-state index is 12.1. The first-order valence-corrected chi connectivity index (χ1v) is 10.6. The van der Waals surface area contributed by atoms with Gasteiger partial charge < -0.3 is 14.8 Å². The van der Waals surface area contributed by atoms with E-state index in [-0.39, 0.29) is 12.5 Å². The Hall–Kier alpha value is -3.71. The first-order valence-electron chi connectivity index (χ1n) is 9.74. The second kappa shape index (κ2) is 9.86. The zero-order chi connectivity index (χ0) is 21.5. The standard InChI is InChI=1S/C24H21N3O3S/c1-17-2-4-20(5-3-17)30-21-8-6-19(7-9-21)29-15-23(28)26-14-24-27-22(16-31-24)18-10-12-25-13-11-18/h2-13,16H,14-15H2,1H3,(H,26,28). The summed E-state index contributed by atoms with van der Waals surface area (Å²) in [7, 11) is 0. The second-order valence-corrected chi connectivity index (χ2v) is 7.76. The number of aromatic nitrogens is 2. The summed E-state index contributed by atoms with van der Waals surface area (Å²) in [5.74, 6) is 1.86. The molecule has 0 atom stereocenters. The first kappa shape index (κ1) is 20.6. The van der Waals surface area contributed by atoms with E-state index in [1.165, 1.54) is 16.9 Å². The van der Waals surface area contributed by atoms with Gasteiger partial charge >= 0.3 is 0 Å². The lowest BCUT2D eigenvalue weighted by Crippen LogP contribution is -2.28. The van der Waals surface area contributed by atoms with E-state index in [1.807, 2.05) is 60.8 Å². The highest BCUT2D eigenvalue weighted by molar-refractivity contribution is 7.09. The fourth-order valence-corrected chi connectivity index (χ4v) is 3.51. The van der Waals surface area contributed by atoms with Gasteiger partial charge in [-0.3, -0.25) is 9.78 Å². The number of hydrogen-bond donors (Lipinski definition) is 1. The molecule has 0 saturated carbocycles. The molecule has 0 aliphatic heterocycles. The molecular weight excluding hydrogens is 410 g/mol. The number of pyridine rings is 1. The number of carbonyl (C=O) groups excluding carboxylic acids is 1. The van der Waals surface area contributed by atoms with Gasteiger partial charge in [0.25, 0.3) is 5.91 Å². The van der Waals surface area contributed by atoms with Crippen LogP contribution in [0.5, 0.6) is 17.2 Å². The number of rotatable bonds is 8. The van der Waals surface area contributed by atoms with Crippen molar-refractivity contribution in [2.45, 2.75) is 13.5 Å². The summed E-state index contributed by atoms with van der Waals surface area (Å²) >= 11 is 1.50. The van der Waals surface area contributed by atoms with Crippen LogP contribution in [0.15, 0.2) is 78.4 Å². The lowest BCUT2D eigenvalue weighted by atomic mass is 10.2. The van der Waals surface area contributed by atoms with Crippen molar-refractivity contribution in [3.05, 3.63) is 89.0 Å². The Balaban J connectivity index is 1.22. The normalized spacial score (nSPS) is 10.5. The molecule has 0 fully saturated rings. The van der Waals surface area contributed by atoms with Gasteiger partial charge in [0.1, 0.15) is 22.3 Å². The van der Waals surface area contributed by atoms with Crippen LogP contribution < -0.4 is 14.8 Å². The molecule has 7 heteroatoms. The molecule has 0 spiro atoms. The molecule has 0 aliphatic rings. The van der Waals surface area contributed by atoms with Crippen molar-refractivity contribution in [2.75, 3.05) is 6.61 Å². The molecule has 2 heterocycles. The molecule has 0 saturated heterocycles. The highest BCUT2D eigenvalue weighted by atomic mass is 32.1. The van der Waals surface area contributed by atoms with E-state index in [4.69, 9.17) is 9.47 Å². The van der Waals surface area contributed by atoms with Crippen molar-refractivity contribution in [1.29, 1.82) is 0 Å². The van der Waals surface area contributed by atoms with E-state index in [0.717, 1.165) is 22.0 Å². The Kier molecular flexibility index (Phi) is 6.54. The van der Waals surface area contributed by atoms with E-state index in [0.29, 0.717) is 18.0 Å². The molecule has 4 aromatic rings. The largest absolute Gasteiger partial charge is 0.484 e. The monoisotopic (exact) mass is 431 g/mol. The Morgan fingerprint density at radius 2 is 1.58 bits per heavy atom. The fourth-order valence-electron chi connectivity index (χ4n) is 2.77. The predicted octanol–water partition coefficient (Wildman–Crippen LogP) is 5.00. The number of amides is 1. The molecule has 4 rings (SSSR count). The minimum atomic E-state index is -0.208. The van der Waals surface area contributed by atoms with Crippen molar-refractivity contribution in [2.24, 2.45) is 0 Å². The van der Waals surface area contributed by atoms with Crippen LogP contribution in [-0.2, 0) is 11.3 Å². The van der Waals surface area contributed by atoms with Crippen LogP contribution in [0.4, 0.5) is 0 Å². The van der Waals surface area contributed by atoms with Gasteiger partial charge in [0.05, 0.1) is 12.2 Å². The minimum absolute atomic E-state index is 0.0687. The molecule has 0 unspecified atom stereocenters. The van der Waals surface area contributed by atoms with Gasteiger partial charge in [0.2, 0.25) is 0 Å². The Bertz CT molecular complexity index is 1130. The molecule has 6 nitrogen and oxygen atoms in total. The fraction of sp³-hybridized carbons (Fsp3) is 0.125. The molecule has 156 valence electrons. The Labute approximate surface area is 184 Å². The average Bonchev–Trinajstić information content (AvgIpc) is 3.28. The lowest BCUT2D eigenvalue weighted by Gasteiger charge is -2.09. The predicted molar refractivity (Wildman–Crippen MR) is 120 cm³/mol. The highest BCUT2D eigenvalue weighted by Gasteiger charge is 2.07. The third kappa shape index (κ3) is 5.90. The van der Waals surface area contributed by atoms with E-state index in [9.17, 15) is 4.79 Å². The van der Waals surface area contributed by atoms with Crippen molar-refractivity contribution in [1.82, 2.24) is 15.3 Å². The van der Waals surface area contributed by atoms with Gasteiger partial charge in [0, 0.05) is 23.3 Å². The topological polar surface area (TPSA) is 73.3 Å². The lowest BCUT2D eigenvalue weighted by molar-refractivity contribution is -0.123. The zero-order valence-electron chi connectivity index (χ0n) is 16.9. The molecule has 0 aliphatic carbocycles. The van der Waals surface area contributed by atoms with Gasteiger partial charge in [0.15, 0.2) is 6.61 Å². The maximum atomic E-state index is 12.1. The van der Waals surface area contributed by atoms with Crippen LogP contribution in [0, 0.1) is 6.92 Å². The molecular formula is C24H21N3O3S. The summed E-state index contributed by atoms with van der Waals surface area (Å²) in [6.07, 6.45) is 3.46. The molecule has 31 heavy (non-hydrogen) atoms. The summed E-state index contributed by atoms with van der Waals surface area (Å²) in [6, 6.07) is 18.8. The summed E-state index contributed by atoms with van der Waals surface area (Å²) < 4.78 is 11.4. The number of thiazole rings is 1. The zero-order valence-corrected chi connectivity index (χ0v) is 17.8. The van der Waals surface area contributed by atoms with Gasteiger partial charge in [-0.1, -0.05) is 17.7 Å². The van der Waals surface area contributed by atoms with E-state index >= 15 is 0 Å². The van der Waals surface area contributed by atoms with Crippen molar-refractivity contribution in [3.63, 3.8) is 0 Å². The van der Waals surface area contributed by atoms with Gasteiger partial charge in [-0.2, -0.15) is 0 Å². The van der Waals surface area contributed by atoms with Gasteiger partial charge in [-0.05, 0) is 55.5 Å². The molecule has 1 amide bonds. The van der Waals surface area contributed by atoms with Crippen molar-refractivity contribution in [3.8, 4) is 28.5 Å².